The second-order valence-corrected chi connectivity index (χ2v) is 5.15. The van der Waals surface area contributed by atoms with Gasteiger partial charge in [0.2, 0.25) is 0 Å². The number of nitrogens with two attached hydrogens (primary N) is 1. The number of hydrogen-bond donors (Lipinski definition) is 1. The molecule has 104 valence electrons. The lowest BCUT2D eigenvalue weighted by Gasteiger charge is -2.37. The van der Waals surface area contributed by atoms with Gasteiger partial charge in [0.1, 0.15) is 0 Å². The lowest BCUT2D eigenvalue weighted by atomic mass is 10.1. The quantitative estimate of drug-likeness (QED) is 0.925. The van der Waals surface area contributed by atoms with Gasteiger partial charge in [0, 0.05) is 39.4 Å². The van der Waals surface area contributed by atoms with E-state index in [2.05, 4.69) is 52.2 Å². The van der Waals surface area contributed by atoms with E-state index in [1.807, 2.05) is 12.3 Å². The molecule has 2 aromatic rings. The normalized spacial score (nSPS) is 14.3. The summed E-state index contributed by atoms with van der Waals surface area (Å²) in [4.78, 5) is 9.08. The molecule has 1 aromatic heterocycles. The molecule has 2 N–H and O–H groups in total. The summed E-state index contributed by atoms with van der Waals surface area (Å²) in [6.45, 7) is 3.42. The van der Waals surface area contributed by atoms with Gasteiger partial charge in [-0.3, -0.25) is 4.98 Å². The Labute approximate surface area is 119 Å². The van der Waals surface area contributed by atoms with Gasteiger partial charge in [-0.15, -0.1) is 0 Å². The summed E-state index contributed by atoms with van der Waals surface area (Å²) >= 11 is 0. The topological polar surface area (TPSA) is 45.4 Å². The lowest BCUT2D eigenvalue weighted by molar-refractivity contribution is 0.727. The van der Waals surface area contributed by atoms with Crippen molar-refractivity contribution in [1.29, 1.82) is 0 Å². The fourth-order valence-corrected chi connectivity index (χ4v) is 2.73. The number of likely N-dealkylation sites (N-methyl/N-ethyl adjacent to an activating group) is 1. The molecule has 0 spiro atoms. The summed E-state index contributed by atoms with van der Waals surface area (Å²) < 4.78 is 0. The van der Waals surface area contributed by atoms with Crippen molar-refractivity contribution in [2.45, 2.75) is 13.1 Å². The highest BCUT2D eigenvalue weighted by atomic mass is 15.2. The molecule has 0 saturated heterocycles. The van der Waals surface area contributed by atoms with Crippen molar-refractivity contribution < 1.29 is 0 Å². The number of aromatic nitrogens is 1. The Morgan fingerprint density at radius 3 is 2.70 bits per heavy atom. The van der Waals surface area contributed by atoms with Gasteiger partial charge >= 0.3 is 0 Å². The number of para-hydroxylation sites is 2. The van der Waals surface area contributed by atoms with Crippen LogP contribution in [0, 0.1) is 0 Å². The number of benzene rings is 1. The van der Waals surface area contributed by atoms with Crippen LogP contribution in [0.1, 0.15) is 11.3 Å². The molecule has 20 heavy (non-hydrogen) atoms. The van der Waals surface area contributed by atoms with Crippen molar-refractivity contribution in [3.63, 3.8) is 0 Å². The second-order valence-electron chi connectivity index (χ2n) is 5.15. The smallest absolute Gasteiger partial charge is 0.0607 e. The molecule has 1 aliphatic rings. The van der Waals surface area contributed by atoms with Gasteiger partial charge in [-0.05, 0) is 23.8 Å². The van der Waals surface area contributed by atoms with Crippen LogP contribution in [0.3, 0.4) is 0 Å². The van der Waals surface area contributed by atoms with E-state index in [1.54, 1.807) is 0 Å². The molecule has 0 saturated carbocycles. The summed E-state index contributed by atoms with van der Waals surface area (Å²) in [5.74, 6) is 0. The summed E-state index contributed by atoms with van der Waals surface area (Å²) in [5, 5.41) is 0. The first kappa shape index (κ1) is 12.9. The Bertz CT molecular complexity index is 597. The molecule has 0 atom stereocenters. The monoisotopic (exact) mass is 268 g/mol. The third kappa shape index (κ3) is 2.34. The summed E-state index contributed by atoms with van der Waals surface area (Å²) in [6.07, 6.45) is 1.81. The number of fused-ring (bicyclic) bond motifs is 1. The van der Waals surface area contributed by atoms with Gasteiger partial charge in [-0.2, -0.15) is 0 Å². The molecular weight excluding hydrogens is 248 g/mol. The molecule has 3 rings (SSSR count). The van der Waals surface area contributed by atoms with Crippen LogP contribution in [0.4, 0.5) is 11.4 Å². The van der Waals surface area contributed by atoms with Gasteiger partial charge in [-0.25, -0.2) is 0 Å². The summed E-state index contributed by atoms with van der Waals surface area (Å²) in [6, 6.07) is 12.6. The van der Waals surface area contributed by atoms with Crippen LogP contribution in [0.5, 0.6) is 0 Å². The van der Waals surface area contributed by atoms with Crippen LogP contribution < -0.4 is 15.5 Å². The van der Waals surface area contributed by atoms with E-state index < -0.39 is 0 Å². The van der Waals surface area contributed by atoms with E-state index in [1.165, 1.54) is 16.9 Å². The average Bonchev–Trinajstić information content (AvgIpc) is 2.51. The zero-order chi connectivity index (χ0) is 13.9. The minimum atomic E-state index is 0.492. The molecule has 4 nitrogen and oxygen atoms in total. The van der Waals surface area contributed by atoms with Gasteiger partial charge in [0.25, 0.3) is 0 Å². The maximum Gasteiger partial charge on any atom is 0.0607 e. The fraction of sp³-hybridized carbons (Fsp3) is 0.312. The molecular formula is C16H20N4. The van der Waals surface area contributed by atoms with Crippen molar-refractivity contribution in [2.75, 3.05) is 29.9 Å². The van der Waals surface area contributed by atoms with Crippen LogP contribution in [-0.2, 0) is 13.1 Å². The molecule has 2 heterocycles. The Hall–Kier alpha value is -2.07. The highest BCUT2D eigenvalue weighted by Crippen LogP contribution is 2.32. The van der Waals surface area contributed by atoms with Crippen LogP contribution in [0.15, 0.2) is 42.6 Å². The Kier molecular flexibility index (Phi) is 3.56. The SMILES string of the molecule is CN1CCN(Cc2cccnc2CN)c2ccccc21. The maximum absolute atomic E-state index is 5.78. The standard InChI is InChI=1S/C16H20N4/c1-19-9-10-20(16-7-3-2-6-15(16)19)12-13-5-4-8-18-14(13)11-17/h2-8H,9-12,17H2,1H3. The molecule has 1 aromatic carbocycles. The summed E-state index contributed by atoms with van der Waals surface area (Å²) in [5.41, 5.74) is 10.6. The first-order valence-corrected chi connectivity index (χ1v) is 6.97. The van der Waals surface area contributed by atoms with Gasteiger partial charge in [-0.1, -0.05) is 18.2 Å². The minimum absolute atomic E-state index is 0.492. The van der Waals surface area contributed by atoms with E-state index in [-0.39, 0.29) is 0 Å². The molecule has 0 bridgehead atoms. The first-order valence-electron chi connectivity index (χ1n) is 6.97. The Morgan fingerprint density at radius 1 is 1.10 bits per heavy atom. The van der Waals surface area contributed by atoms with Crippen LogP contribution >= 0.6 is 0 Å². The van der Waals surface area contributed by atoms with E-state index in [4.69, 9.17) is 5.73 Å². The number of hydrogen-bond acceptors (Lipinski definition) is 4. The molecule has 4 heteroatoms. The Balaban J connectivity index is 1.91. The number of anilines is 2. The molecule has 0 radical (unpaired) electrons. The Morgan fingerprint density at radius 2 is 1.90 bits per heavy atom. The van der Waals surface area contributed by atoms with Crippen LogP contribution in [0.25, 0.3) is 0 Å². The van der Waals surface area contributed by atoms with Gasteiger partial charge < -0.3 is 15.5 Å². The molecule has 0 aliphatic carbocycles. The minimum Gasteiger partial charge on any atom is -0.371 e. The van der Waals surface area contributed by atoms with Crippen molar-refractivity contribution in [3.05, 3.63) is 53.9 Å². The van der Waals surface area contributed by atoms with E-state index >= 15 is 0 Å². The van der Waals surface area contributed by atoms with Crippen LogP contribution in [0.2, 0.25) is 0 Å². The summed E-state index contributed by atoms with van der Waals surface area (Å²) in [7, 11) is 2.14. The maximum atomic E-state index is 5.78. The molecule has 0 fully saturated rings. The third-order valence-corrected chi connectivity index (χ3v) is 3.88. The number of pyridine rings is 1. The van der Waals surface area contributed by atoms with E-state index in [9.17, 15) is 0 Å². The van der Waals surface area contributed by atoms with E-state index in [0.29, 0.717) is 6.54 Å². The third-order valence-electron chi connectivity index (χ3n) is 3.88. The van der Waals surface area contributed by atoms with E-state index in [0.717, 1.165) is 25.3 Å². The largest absolute Gasteiger partial charge is 0.371 e. The average molecular weight is 268 g/mol. The fourth-order valence-electron chi connectivity index (χ4n) is 2.73. The van der Waals surface area contributed by atoms with Gasteiger partial charge in [0.15, 0.2) is 0 Å². The molecule has 0 unspecified atom stereocenters. The number of rotatable bonds is 3. The zero-order valence-electron chi connectivity index (χ0n) is 11.8. The van der Waals surface area contributed by atoms with Crippen molar-refractivity contribution >= 4 is 11.4 Å². The van der Waals surface area contributed by atoms with Crippen molar-refractivity contribution in [3.8, 4) is 0 Å². The van der Waals surface area contributed by atoms with Crippen molar-refractivity contribution in [1.82, 2.24) is 4.98 Å². The number of nitrogens with zero attached hydrogens (tertiary/aromatic N) is 3. The first-order chi connectivity index (χ1) is 9.79. The highest BCUT2D eigenvalue weighted by molar-refractivity contribution is 5.73. The predicted molar refractivity (Wildman–Crippen MR) is 82.9 cm³/mol. The molecule has 1 aliphatic heterocycles. The zero-order valence-corrected chi connectivity index (χ0v) is 11.8. The van der Waals surface area contributed by atoms with Crippen molar-refractivity contribution in [2.24, 2.45) is 5.73 Å². The van der Waals surface area contributed by atoms with Crippen LogP contribution in [-0.4, -0.2) is 25.1 Å². The molecule has 0 amide bonds. The lowest BCUT2D eigenvalue weighted by Crippen LogP contribution is -2.39. The second kappa shape index (κ2) is 5.51. The highest BCUT2D eigenvalue weighted by Gasteiger charge is 2.20. The van der Waals surface area contributed by atoms with Gasteiger partial charge in [0.05, 0.1) is 17.1 Å². The predicted octanol–water partition coefficient (Wildman–Crippen LogP) is 2.00.